The van der Waals surface area contributed by atoms with Crippen LogP contribution in [0, 0.1) is 0 Å². The summed E-state index contributed by atoms with van der Waals surface area (Å²) in [4.78, 5) is 8.68. The number of pyridine rings is 1. The van der Waals surface area contributed by atoms with Crippen LogP contribution in [0.4, 0.5) is 0 Å². The Hall–Kier alpha value is -1.68. The van der Waals surface area contributed by atoms with Crippen molar-refractivity contribution in [3.05, 3.63) is 41.7 Å². The van der Waals surface area contributed by atoms with Gasteiger partial charge in [-0.05, 0) is 37.8 Å². The van der Waals surface area contributed by atoms with E-state index >= 15 is 0 Å². The summed E-state index contributed by atoms with van der Waals surface area (Å²) in [6.07, 6.45) is 10.1. The van der Waals surface area contributed by atoms with Gasteiger partial charge in [0.1, 0.15) is 5.84 Å². The third-order valence-electron chi connectivity index (χ3n) is 3.45. The molecule has 0 bridgehead atoms. The van der Waals surface area contributed by atoms with E-state index in [-0.39, 0.29) is 0 Å². The topological polar surface area (TPSA) is 57.5 Å². The molecule has 1 aromatic heterocycles. The minimum Gasteiger partial charge on any atom is -0.386 e. The van der Waals surface area contributed by atoms with Crippen molar-refractivity contribution in [2.75, 3.05) is 13.1 Å². The Morgan fingerprint density at radius 1 is 1.50 bits per heavy atom. The summed E-state index contributed by atoms with van der Waals surface area (Å²) in [7, 11) is 0. The van der Waals surface area contributed by atoms with Crippen LogP contribution in [0.3, 0.4) is 0 Å². The SMILES string of the molecule is CC/C=C\C(C)(O)CCNC1=NCCc2ccncc21. The molecule has 2 heterocycles. The molecule has 1 aliphatic rings. The first kappa shape index (κ1) is 14.7. The van der Waals surface area contributed by atoms with E-state index in [1.54, 1.807) is 0 Å². The summed E-state index contributed by atoms with van der Waals surface area (Å²) < 4.78 is 0. The lowest BCUT2D eigenvalue weighted by Gasteiger charge is -2.22. The molecule has 2 N–H and O–H groups in total. The summed E-state index contributed by atoms with van der Waals surface area (Å²) in [6, 6.07) is 2.05. The smallest absolute Gasteiger partial charge is 0.130 e. The van der Waals surface area contributed by atoms with E-state index in [1.807, 2.05) is 37.5 Å². The fourth-order valence-electron chi connectivity index (χ4n) is 2.27. The van der Waals surface area contributed by atoms with Gasteiger partial charge in [-0.2, -0.15) is 0 Å². The number of nitrogens with one attached hydrogen (secondary N) is 1. The summed E-state index contributed by atoms with van der Waals surface area (Å²) in [6.45, 7) is 5.39. The van der Waals surface area contributed by atoms with E-state index in [0.717, 1.165) is 30.8 Å². The van der Waals surface area contributed by atoms with Crippen LogP contribution in [-0.2, 0) is 6.42 Å². The Balaban J connectivity index is 1.92. The van der Waals surface area contributed by atoms with E-state index in [9.17, 15) is 5.11 Å². The third-order valence-corrected chi connectivity index (χ3v) is 3.45. The molecule has 1 aromatic rings. The van der Waals surface area contributed by atoms with Crippen LogP contribution in [-0.4, -0.2) is 34.6 Å². The quantitative estimate of drug-likeness (QED) is 0.808. The second-order valence-corrected chi connectivity index (χ2v) is 5.36. The van der Waals surface area contributed by atoms with Crippen molar-refractivity contribution >= 4 is 5.84 Å². The van der Waals surface area contributed by atoms with Gasteiger partial charge in [-0.3, -0.25) is 9.98 Å². The molecular weight excluding hydrogens is 250 g/mol. The monoisotopic (exact) mass is 273 g/mol. The Labute approximate surface area is 120 Å². The van der Waals surface area contributed by atoms with Crippen LogP contribution in [0.15, 0.2) is 35.6 Å². The van der Waals surface area contributed by atoms with Crippen molar-refractivity contribution in [1.82, 2.24) is 10.3 Å². The van der Waals surface area contributed by atoms with E-state index < -0.39 is 5.60 Å². The van der Waals surface area contributed by atoms with Gasteiger partial charge < -0.3 is 10.4 Å². The fraction of sp³-hybridized carbons (Fsp3) is 0.500. The van der Waals surface area contributed by atoms with E-state index in [1.165, 1.54) is 5.56 Å². The maximum absolute atomic E-state index is 10.2. The van der Waals surface area contributed by atoms with Gasteiger partial charge in [-0.1, -0.05) is 19.1 Å². The predicted octanol–water partition coefficient (Wildman–Crippen LogP) is 2.08. The molecule has 0 amide bonds. The highest BCUT2D eigenvalue weighted by atomic mass is 16.3. The van der Waals surface area contributed by atoms with Crippen LogP contribution in [0.25, 0.3) is 0 Å². The van der Waals surface area contributed by atoms with Crippen LogP contribution in [0.2, 0.25) is 0 Å². The number of nitrogens with zero attached hydrogens (tertiary/aromatic N) is 2. The average Bonchev–Trinajstić information content (AvgIpc) is 2.45. The van der Waals surface area contributed by atoms with Crippen molar-refractivity contribution in [1.29, 1.82) is 0 Å². The van der Waals surface area contributed by atoms with Crippen LogP contribution in [0.5, 0.6) is 0 Å². The Morgan fingerprint density at radius 3 is 3.15 bits per heavy atom. The molecule has 1 aliphatic heterocycles. The fourth-order valence-corrected chi connectivity index (χ4v) is 2.27. The molecule has 1 unspecified atom stereocenters. The summed E-state index contributed by atoms with van der Waals surface area (Å²) in [5.74, 6) is 0.898. The number of hydrogen-bond donors (Lipinski definition) is 2. The highest BCUT2D eigenvalue weighted by Crippen LogP contribution is 2.14. The lowest BCUT2D eigenvalue weighted by Crippen LogP contribution is -2.34. The van der Waals surface area contributed by atoms with E-state index in [4.69, 9.17) is 0 Å². The van der Waals surface area contributed by atoms with Crippen LogP contribution in [0.1, 0.15) is 37.8 Å². The Bertz CT molecular complexity index is 506. The third kappa shape index (κ3) is 3.90. The van der Waals surface area contributed by atoms with Crippen LogP contribution < -0.4 is 5.32 Å². The molecule has 0 spiro atoms. The number of rotatable bonds is 5. The molecule has 2 rings (SSSR count). The zero-order valence-electron chi connectivity index (χ0n) is 12.3. The molecule has 20 heavy (non-hydrogen) atoms. The number of aliphatic imine (C=N–C) groups is 1. The Morgan fingerprint density at radius 2 is 2.35 bits per heavy atom. The summed E-state index contributed by atoms with van der Waals surface area (Å²) >= 11 is 0. The van der Waals surface area contributed by atoms with Crippen molar-refractivity contribution in [2.45, 2.75) is 38.7 Å². The molecule has 0 saturated heterocycles. The zero-order chi connectivity index (χ0) is 14.4. The molecule has 0 fully saturated rings. The molecule has 0 aliphatic carbocycles. The first-order valence-electron chi connectivity index (χ1n) is 7.24. The minimum absolute atomic E-state index is 0.651. The second kappa shape index (κ2) is 6.66. The van der Waals surface area contributed by atoms with Gasteiger partial charge in [0.05, 0.1) is 5.60 Å². The highest BCUT2D eigenvalue weighted by Gasteiger charge is 2.17. The van der Waals surface area contributed by atoms with E-state index in [0.29, 0.717) is 13.0 Å². The largest absolute Gasteiger partial charge is 0.386 e. The van der Waals surface area contributed by atoms with Crippen molar-refractivity contribution in [3.63, 3.8) is 0 Å². The Kier molecular flexibility index (Phi) is 4.90. The molecule has 108 valence electrons. The number of aliphatic hydroxyl groups is 1. The van der Waals surface area contributed by atoms with Gasteiger partial charge in [0, 0.05) is 31.0 Å². The standard InChI is InChI=1S/C16H23N3O/c1-3-4-7-16(2,20)8-11-19-15-14-12-17-9-5-13(14)6-10-18-15/h4-5,7,9,12,20H,3,6,8,10-11H2,1-2H3,(H,18,19)/b7-4-. The average molecular weight is 273 g/mol. The molecule has 0 aromatic carbocycles. The van der Waals surface area contributed by atoms with Gasteiger partial charge in [0.2, 0.25) is 0 Å². The lowest BCUT2D eigenvalue weighted by atomic mass is 10.0. The molecule has 4 nitrogen and oxygen atoms in total. The normalized spacial score (nSPS) is 17.4. The molecule has 0 saturated carbocycles. The van der Waals surface area contributed by atoms with Gasteiger partial charge >= 0.3 is 0 Å². The number of aromatic nitrogens is 1. The van der Waals surface area contributed by atoms with Gasteiger partial charge in [0.15, 0.2) is 0 Å². The van der Waals surface area contributed by atoms with Crippen molar-refractivity contribution in [2.24, 2.45) is 4.99 Å². The van der Waals surface area contributed by atoms with Gasteiger partial charge in [-0.15, -0.1) is 0 Å². The summed E-state index contributed by atoms with van der Waals surface area (Å²) in [5.41, 5.74) is 1.60. The molecular formula is C16H23N3O. The van der Waals surface area contributed by atoms with E-state index in [2.05, 4.69) is 22.2 Å². The minimum atomic E-state index is -0.768. The van der Waals surface area contributed by atoms with Gasteiger partial charge in [0.25, 0.3) is 0 Å². The maximum Gasteiger partial charge on any atom is 0.130 e. The molecule has 1 atom stereocenters. The molecule has 4 heteroatoms. The zero-order valence-corrected chi connectivity index (χ0v) is 12.3. The molecule has 0 radical (unpaired) electrons. The predicted molar refractivity (Wildman–Crippen MR) is 82.0 cm³/mol. The number of allylic oxidation sites excluding steroid dienone is 1. The number of fused-ring (bicyclic) bond motifs is 1. The van der Waals surface area contributed by atoms with Crippen molar-refractivity contribution in [3.8, 4) is 0 Å². The first-order chi connectivity index (χ1) is 9.62. The lowest BCUT2D eigenvalue weighted by molar-refractivity contribution is 0.103. The highest BCUT2D eigenvalue weighted by molar-refractivity contribution is 6.00. The first-order valence-corrected chi connectivity index (χ1v) is 7.24. The number of amidine groups is 1. The summed E-state index contributed by atoms with van der Waals surface area (Å²) in [5, 5.41) is 13.5. The van der Waals surface area contributed by atoms with Gasteiger partial charge in [-0.25, -0.2) is 0 Å². The second-order valence-electron chi connectivity index (χ2n) is 5.36. The number of hydrogen-bond acceptors (Lipinski definition) is 4. The van der Waals surface area contributed by atoms with Crippen LogP contribution >= 0.6 is 0 Å². The van der Waals surface area contributed by atoms with Crippen molar-refractivity contribution < 1.29 is 5.11 Å². The maximum atomic E-state index is 10.2.